The molecule has 2 bridgehead atoms. The third-order valence-corrected chi connectivity index (χ3v) is 9.63. The predicted molar refractivity (Wildman–Crippen MR) is 156 cm³/mol. The van der Waals surface area contributed by atoms with E-state index in [-0.39, 0.29) is 37.2 Å². The van der Waals surface area contributed by atoms with Crippen molar-refractivity contribution in [3.8, 4) is 0 Å². The summed E-state index contributed by atoms with van der Waals surface area (Å²) in [5, 5.41) is 12.1. The third kappa shape index (κ3) is 5.66. The Morgan fingerprint density at radius 3 is 2.68 bits per heavy atom. The van der Waals surface area contributed by atoms with Gasteiger partial charge in [-0.1, -0.05) is 6.08 Å². The zero-order chi connectivity index (χ0) is 30.6. The molecule has 234 valence electrons. The molecular weight excluding hydrogens is 575 g/mol. The Balaban J connectivity index is 1.04. The van der Waals surface area contributed by atoms with Crippen LogP contribution >= 0.6 is 0 Å². The molecule has 0 spiro atoms. The van der Waals surface area contributed by atoms with Crippen molar-refractivity contribution in [3.63, 3.8) is 0 Å². The van der Waals surface area contributed by atoms with E-state index in [1.165, 1.54) is 0 Å². The van der Waals surface area contributed by atoms with Gasteiger partial charge < -0.3 is 20.0 Å². The molecule has 14 heteroatoms. The van der Waals surface area contributed by atoms with Crippen LogP contribution in [0.25, 0.3) is 11.2 Å². The molecule has 2 aliphatic carbocycles. The van der Waals surface area contributed by atoms with E-state index in [4.69, 9.17) is 4.98 Å². The number of anilines is 2. The van der Waals surface area contributed by atoms with Crippen molar-refractivity contribution in [2.45, 2.75) is 50.9 Å². The van der Waals surface area contributed by atoms with Gasteiger partial charge in [-0.05, 0) is 62.8 Å². The van der Waals surface area contributed by atoms with Crippen molar-refractivity contribution in [2.24, 2.45) is 17.8 Å². The quantitative estimate of drug-likeness (QED) is 0.456. The number of likely N-dealkylation sites (N-methyl/N-ethyl adjacent to an activating group) is 1. The average molecular weight is 612 g/mol. The van der Waals surface area contributed by atoms with Gasteiger partial charge in [0.05, 0.1) is 23.8 Å². The first-order valence-corrected chi connectivity index (χ1v) is 15.3. The average Bonchev–Trinajstić information content (AvgIpc) is 3.63. The number of nitrogens with zero attached hydrogens (tertiary/aromatic N) is 8. The van der Waals surface area contributed by atoms with Crippen molar-refractivity contribution in [1.29, 1.82) is 0 Å². The fourth-order valence-electron chi connectivity index (χ4n) is 6.95. The molecule has 1 N–H and O–H groups in total. The number of hydrogen-bond donors (Lipinski definition) is 1. The summed E-state index contributed by atoms with van der Waals surface area (Å²) in [4.78, 5) is 36.5. The Kier molecular flexibility index (Phi) is 7.34. The summed E-state index contributed by atoms with van der Waals surface area (Å²) in [5.41, 5.74) is 3.32. The second-order valence-corrected chi connectivity index (χ2v) is 12.7. The van der Waals surface area contributed by atoms with Gasteiger partial charge in [0.15, 0.2) is 5.65 Å². The number of likely N-dealkylation sites (tertiary alicyclic amines) is 1. The number of piperazine rings is 1. The van der Waals surface area contributed by atoms with E-state index >= 15 is 0 Å². The molecule has 4 aliphatic rings. The van der Waals surface area contributed by atoms with Gasteiger partial charge in [-0.3, -0.25) is 14.3 Å². The maximum Gasteiger partial charge on any atom is 0.391 e. The number of rotatable bonds is 6. The molecule has 3 aromatic heterocycles. The SMILES string of the molecule is CN1CCN(C(=O)Cn2cc(Nc3nc4c(C5=CC6CC(CC5)CN6C(=O)C5CC(C(F)(F)F)C5)cccn4n3)cn2)CC1. The molecule has 11 nitrogen and oxygen atoms in total. The fourth-order valence-corrected chi connectivity index (χ4v) is 6.95. The van der Waals surface area contributed by atoms with Crippen LogP contribution in [0, 0.1) is 17.8 Å². The summed E-state index contributed by atoms with van der Waals surface area (Å²) in [6.07, 6.45) is 5.45. The van der Waals surface area contributed by atoms with Gasteiger partial charge in [-0.2, -0.15) is 23.3 Å². The third-order valence-electron chi connectivity index (χ3n) is 9.63. The van der Waals surface area contributed by atoms with Crippen LogP contribution in [0.4, 0.5) is 24.8 Å². The Morgan fingerprint density at radius 2 is 1.91 bits per heavy atom. The van der Waals surface area contributed by atoms with E-state index < -0.39 is 18.0 Å². The molecule has 5 heterocycles. The number of aromatic nitrogens is 5. The molecule has 7 rings (SSSR count). The Morgan fingerprint density at radius 1 is 1.11 bits per heavy atom. The van der Waals surface area contributed by atoms with Crippen LogP contribution in [-0.4, -0.2) is 103 Å². The van der Waals surface area contributed by atoms with Crippen molar-refractivity contribution in [3.05, 3.63) is 42.4 Å². The summed E-state index contributed by atoms with van der Waals surface area (Å²) < 4.78 is 42.4. The number of halogens is 3. The van der Waals surface area contributed by atoms with Crippen LogP contribution in [0.3, 0.4) is 0 Å². The topological polar surface area (TPSA) is 104 Å². The first kappa shape index (κ1) is 28.8. The molecule has 44 heavy (non-hydrogen) atoms. The highest BCUT2D eigenvalue weighted by Crippen LogP contribution is 2.47. The number of hydrogen-bond acceptors (Lipinski definition) is 7. The van der Waals surface area contributed by atoms with E-state index in [0.29, 0.717) is 42.8 Å². The molecule has 2 amide bonds. The molecule has 0 aromatic carbocycles. The minimum absolute atomic E-state index is 0.0343. The van der Waals surface area contributed by atoms with E-state index in [9.17, 15) is 22.8 Å². The maximum atomic E-state index is 13.2. The lowest BCUT2D eigenvalue weighted by Gasteiger charge is -2.38. The molecule has 2 saturated heterocycles. The standard InChI is InChI=1S/C30H36F3N9O2/c1-38-7-9-39(10-8-38)26(43)18-40-17-23(15-34-40)35-29-36-27-25(3-2-6-42(27)37-29)20-5-4-19-11-24(14-20)41(16-19)28(44)21-12-22(13-21)30(31,32)33/h2-3,6,14-15,17,19,21-22,24H,4-5,7-13,16,18H2,1H3,(H,35,37). The van der Waals surface area contributed by atoms with Crippen molar-refractivity contribution >= 4 is 34.7 Å². The fraction of sp³-hybridized carbons (Fsp3) is 0.567. The summed E-state index contributed by atoms with van der Waals surface area (Å²) in [5.74, 6) is -1.30. The first-order valence-electron chi connectivity index (χ1n) is 15.3. The molecule has 0 radical (unpaired) electrons. The number of carbonyl (C=O) groups excluding carboxylic acids is 2. The van der Waals surface area contributed by atoms with Gasteiger partial charge in [-0.15, -0.1) is 5.10 Å². The minimum Gasteiger partial charge on any atom is -0.339 e. The summed E-state index contributed by atoms with van der Waals surface area (Å²) >= 11 is 0. The largest absolute Gasteiger partial charge is 0.391 e. The summed E-state index contributed by atoms with van der Waals surface area (Å²) in [6.45, 7) is 3.92. The number of pyridine rings is 1. The Bertz CT molecular complexity index is 1580. The predicted octanol–water partition coefficient (Wildman–Crippen LogP) is 3.43. The Hall–Kier alpha value is -3.94. The van der Waals surface area contributed by atoms with E-state index in [2.05, 4.69) is 26.5 Å². The second-order valence-electron chi connectivity index (χ2n) is 12.7. The highest BCUT2D eigenvalue weighted by Gasteiger charge is 2.52. The lowest BCUT2D eigenvalue weighted by Crippen LogP contribution is -2.48. The van der Waals surface area contributed by atoms with Gasteiger partial charge in [0, 0.05) is 56.6 Å². The highest BCUT2D eigenvalue weighted by atomic mass is 19.4. The summed E-state index contributed by atoms with van der Waals surface area (Å²) in [7, 11) is 2.05. The molecule has 2 atom stereocenters. The van der Waals surface area contributed by atoms with Crippen molar-refractivity contribution in [1.82, 2.24) is 39.1 Å². The lowest BCUT2D eigenvalue weighted by atomic mass is 9.73. The second kappa shape index (κ2) is 11.2. The van der Waals surface area contributed by atoms with Crippen LogP contribution in [-0.2, 0) is 16.1 Å². The van der Waals surface area contributed by atoms with Crippen LogP contribution in [0.15, 0.2) is 36.8 Å². The van der Waals surface area contributed by atoms with Crippen LogP contribution in [0.1, 0.15) is 37.7 Å². The van der Waals surface area contributed by atoms with Crippen molar-refractivity contribution < 1.29 is 22.8 Å². The molecule has 3 fully saturated rings. The molecule has 3 aromatic rings. The van der Waals surface area contributed by atoms with Gasteiger partial charge in [0.2, 0.25) is 17.8 Å². The number of alkyl halides is 3. The zero-order valence-electron chi connectivity index (χ0n) is 24.6. The number of allylic oxidation sites excluding steroid dienone is 1. The molecule has 2 aliphatic heterocycles. The van der Waals surface area contributed by atoms with Gasteiger partial charge in [-0.25, -0.2) is 4.52 Å². The maximum absolute atomic E-state index is 13.2. The van der Waals surface area contributed by atoms with Gasteiger partial charge in [0.1, 0.15) is 6.54 Å². The van der Waals surface area contributed by atoms with Crippen LogP contribution in [0.5, 0.6) is 0 Å². The lowest BCUT2D eigenvalue weighted by molar-refractivity contribution is -0.206. The number of nitrogens with one attached hydrogen (secondary N) is 1. The van der Waals surface area contributed by atoms with E-state index in [0.717, 1.165) is 43.5 Å². The number of amides is 2. The normalized spacial score (nSPS) is 26.0. The number of carbonyl (C=O) groups is 2. The van der Waals surface area contributed by atoms with Gasteiger partial charge in [0.25, 0.3) is 0 Å². The molecular formula is C30H36F3N9O2. The van der Waals surface area contributed by atoms with Crippen molar-refractivity contribution in [2.75, 3.05) is 45.1 Å². The van der Waals surface area contributed by atoms with Crippen LogP contribution < -0.4 is 5.32 Å². The summed E-state index contributed by atoms with van der Waals surface area (Å²) in [6, 6.07) is 3.77. The highest BCUT2D eigenvalue weighted by molar-refractivity contribution is 5.82. The molecule has 1 saturated carbocycles. The smallest absolute Gasteiger partial charge is 0.339 e. The first-order chi connectivity index (χ1) is 21.1. The van der Waals surface area contributed by atoms with E-state index in [1.54, 1.807) is 21.6 Å². The van der Waals surface area contributed by atoms with Crippen LogP contribution in [0.2, 0.25) is 0 Å². The van der Waals surface area contributed by atoms with E-state index in [1.807, 2.05) is 35.2 Å². The van der Waals surface area contributed by atoms with Gasteiger partial charge >= 0.3 is 6.18 Å². The Labute approximate surface area is 252 Å². The zero-order valence-corrected chi connectivity index (χ0v) is 24.6. The monoisotopic (exact) mass is 611 g/mol. The molecule has 2 unspecified atom stereocenters. The number of fused-ring (bicyclic) bond motifs is 3. The minimum atomic E-state index is -4.23.